The summed E-state index contributed by atoms with van der Waals surface area (Å²) < 4.78 is 11.3. The molecular formula is C57H66N6O16. The number of rotatable bonds is 33. The summed E-state index contributed by atoms with van der Waals surface area (Å²) in [6.07, 6.45) is 2.72. The number of nitrogens with zero attached hydrogens (tertiary/aromatic N) is 1. The van der Waals surface area contributed by atoms with Crippen LogP contribution >= 0.6 is 0 Å². The minimum Gasteiger partial charge on any atom is -0.508 e. The van der Waals surface area contributed by atoms with Gasteiger partial charge in [0.05, 0.1) is 24.5 Å². The number of nitrogens with one attached hydrogen (secondary N) is 4. The number of aromatic nitrogens is 2. The van der Waals surface area contributed by atoms with Gasteiger partial charge in [0.15, 0.2) is 28.6 Å². The smallest absolute Gasteiger partial charge is 0.303 e. The van der Waals surface area contributed by atoms with E-state index in [0.717, 1.165) is 0 Å². The Morgan fingerprint density at radius 1 is 0.734 bits per heavy atom. The molecule has 0 spiro atoms. The summed E-state index contributed by atoms with van der Waals surface area (Å²) in [5.41, 5.74) is 7.49. The predicted octanol–water partition coefficient (Wildman–Crippen LogP) is 5.11. The molecule has 0 saturated heterocycles. The summed E-state index contributed by atoms with van der Waals surface area (Å²) in [5, 5.41) is 27.6. The number of fused-ring (bicyclic) bond motifs is 2. The van der Waals surface area contributed by atoms with Gasteiger partial charge < -0.3 is 50.8 Å². The fourth-order valence-corrected chi connectivity index (χ4v) is 9.07. The average molecular weight is 1090 g/mol. The molecule has 1 aliphatic carbocycles. The number of imidazole rings is 1. The number of ketones is 5. The van der Waals surface area contributed by atoms with Crippen LogP contribution in [0.3, 0.4) is 0 Å². The lowest BCUT2D eigenvalue weighted by Crippen LogP contribution is -2.47. The number of hydrogen-bond acceptors (Lipinski definition) is 16. The number of carboxylic acids is 1. The van der Waals surface area contributed by atoms with Crippen molar-refractivity contribution in [3.05, 3.63) is 88.6 Å². The van der Waals surface area contributed by atoms with Crippen LogP contribution in [0.25, 0.3) is 33.4 Å². The number of H-pyrrole nitrogens is 1. The number of carbonyl (C=O) groups is 11. The number of ether oxygens (including phenoxy) is 1. The number of phenols is 1. The van der Waals surface area contributed by atoms with E-state index >= 15 is 0 Å². The monoisotopic (exact) mass is 1090 g/mol. The second kappa shape index (κ2) is 28.6. The van der Waals surface area contributed by atoms with Gasteiger partial charge in [-0.2, -0.15) is 0 Å². The van der Waals surface area contributed by atoms with Crippen LogP contribution in [0, 0.1) is 23.7 Å². The predicted molar refractivity (Wildman–Crippen MR) is 285 cm³/mol. The minimum atomic E-state index is -1.19. The number of carboxylic acid groups (broad SMARTS) is 1. The molecule has 5 rings (SSSR count). The number of aromatic hydroxyl groups is 1. The molecule has 1 aromatic heterocycles. The van der Waals surface area contributed by atoms with Gasteiger partial charge in [-0.1, -0.05) is 26.7 Å². The molecule has 22 heteroatoms. The first-order valence-electron chi connectivity index (χ1n) is 25.9. The van der Waals surface area contributed by atoms with Crippen LogP contribution in [0.2, 0.25) is 0 Å². The lowest BCUT2D eigenvalue weighted by Gasteiger charge is -2.23. The third-order valence-electron chi connectivity index (χ3n) is 13.6. The number of primary amides is 1. The molecule has 420 valence electrons. The van der Waals surface area contributed by atoms with Gasteiger partial charge in [-0.25, -0.2) is 4.98 Å². The zero-order chi connectivity index (χ0) is 58.1. The Bertz CT molecular complexity index is 3110. The Morgan fingerprint density at radius 3 is 2.03 bits per heavy atom. The van der Waals surface area contributed by atoms with Crippen molar-refractivity contribution in [1.29, 1.82) is 0 Å². The van der Waals surface area contributed by atoms with Crippen molar-refractivity contribution in [3.8, 4) is 33.9 Å². The topological polar surface area (TPSA) is 358 Å². The number of carbonyl (C=O) groups excluding carboxylic acids is 10. The van der Waals surface area contributed by atoms with Gasteiger partial charge in [0, 0.05) is 120 Å². The third kappa shape index (κ3) is 17.7. The lowest BCUT2D eigenvalue weighted by molar-refractivity contribution is -0.138. The summed E-state index contributed by atoms with van der Waals surface area (Å²) >= 11 is 0. The number of unbranched alkanes of at least 4 members (excludes halogenated alkanes) is 2. The highest BCUT2D eigenvalue weighted by atomic mass is 16.5. The van der Waals surface area contributed by atoms with Gasteiger partial charge in [0.2, 0.25) is 23.6 Å². The molecule has 0 bridgehead atoms. The molecule has 2 heterocycles. The molecular weight excluding hydrogens is 1020 g/mol. The van der Waals surface area contributed by atoms with E-state index in [1.54, 1.807) is 18.2 Å². The largest absolute Gasteiger partial charge is 0.508 e. The van der Waals surface area contributed by atoms with Gasteiger partial charge in [0.25, 0.3) is 6.47 Å². The maximum atomic E-state index is 13.6. The normalized spacial score (nSPS) is 13.9. The van der Waals surface area contributed by atoms with Gasteiger partial charge in [0.1, 0.15) is 28.6 Å². The summed E-state index contributed by atoms with van der Waals surface area (Å²) in [5.74, 6) is -9.56. The fourth-order valence-electron chi connectivity index (χ4n) is 9.07. The van der Waals surface area contributed by atoms with E-state index < -0.39 is 102 Å². The van der Waals surface area contributed by atoms with Crippen molar-refractivity contribution >= 4 is 76.0 Å². The third-order valence-corrected chi connectivity index (χ3v) is 13.6. The van der Waals surface area contributed by atoms with Crippen LogP contribution in [-0.2, 0) is 54.4 Å². The molecule has 79 heavy (non-hydrogen) atoms. The van der Waals surface area contributed by atoms with E-state index in [9.17, 15) is 62.6 Å². The Morgan fingerprint density at radius 2 is 1.41 bits per heavy atom. The Kier molecular flexibility index (Phi) is 22.2. The van der Waals surface area contributed by atoms with E-state index in [4.69, 9.17) is 20.0 Å². The molecule has 4 amide bonds. The van der Waals surface area contributed by atoms with Gasteiger partial charge >= 0.3 is 5.97 Å². The highest BCUT2D eigenvalue weighted by molar-refractivity contribution is 6.06. The second-order valence-electron chi connectivity index (χ2n) is 20.0. The Balaban J connectivity index is 1.10. The molecule has 0 saturated carbocycles. The van der Waals surface area contributed by atoms with Crippen molar-refractivity contribution in [1.82, 2.24) is 25.9 Å². The molecule has 22 nitrogen and oxygen atoms in total. The Labute approximate surface area is 454 Å². The van der Waals surface area contributed by atoms with E-state index in [0.29, 0.717) is 52.6 Å². The molecule has 0 fully saturated rings. The van der Waals surface area contributed by atoms with E-state index in [2.05, 4.69) is 25.9 Å². The average Bonchev–Trinajstić information content (AvgIpc) is 3.92. The highest BCUT2D eigenvalue weighted by Gasteiger charge is 2.32. The van der Waals surface area contributed by atoms with Gasteiger partial charge in [-0.05, 0) is 82.5 Å². The van der Waals surface area contributed by atoms with Crippen LogP contribution in [0.1, 0.15) is 121 Å². The van der Waals surface area contributed by atoms with Crippen molar-refractivity contribution in [2.75, 3.05) is 0 Å². The second-order valence-corrected chi connectivity index (χ2v) is 20.0. The number of hydrogen-bond donors (Lipinski definition) is 7. The van der Waals surface area contributed by atoms with E-state index in [-0.39, 0.29) is 91.3 Å². The Hall–Kier alpha value is -8.69. The van der Waals surface area contributed by atoms with Crippen molar-refractivity contribution < 1.29 is 72.1 Å². The first kappa shape index (κ1) is 61.2. The molecule has 1 aliphatic heterocycles. The van der Waals surface area contributed by atoms with Crippen LogP contribution in [0.15, 0.2) is 76.3 Å². The number of aromatic amines is 1. The zero-order valence-corrected chi connectivity index (χ0v) is 44.6. The van der Waals surface area contributed by atoms with Crippen LogP contribution in [0.5, 0.6) is 11.5 Å². The number of phenolic OH excluding ortho intramolecular Hbond substituents is 1. The van der Waals surface area contributed by atoms with Crippen LogP contribution in [0.4, 0.5) is 0 Å². The van der Waals surface area contributed by atoms with Crippen LogP contribution < -0.4 is 31.8 Å². The number of amides is 4. The number of benzene rings is 3. The lowest BCUT2D eigenvalue weighted by atomic mass is 9.91. The molecule has 0 radical (unpaired) electrons. The first-order chi connectivity index (χ1) is 37.4. The fraction of sp³-hybridized carbons (Fsp3) is 0.421. The van der Waals surface area contributed by atoms with Crippen molar-refractivity contribution in [3.63, 3.8) is 0 Å². The van der Waals surface area contributed by atoms with E-state index in [1.807, 2.05) is 0 Å². The molecule has 7 atom stereocenters. The molecule has 2 aromatic carbocycles. The molecule has 8 N–H and O–H groups in total. The standard InChI is InChI=1S/C57H66N6O16/c1-30(55(75)61-33(4)46(69)20-31(2)56(76)63-44(24-38-27-59-28-60-38)48(71)23-36(54(58)74)12-18-52(72)73)19-47(70)34(5)62-57(77)37(21-32(3)65)9-7-6-8-10-45(68)35-11-17-49(78-29-64)43(22-35)53-41-15-13-39(66)25-50(41)79-51-26-40(67)14-16-42(51)53/h11,13-17,22,25-31,33-34,36-37,44,66H,6-10,12,18-21,23-24H2,1-5H3,(H2,58,74)(H,59,60)(H,61,75)(H,62,77)(H,63,76)(H,72,73)/t30-,31-,33+,34+,36-,37-,44+/m0/s1. The highest BCUT2D eigenvalue weighted by Crippen LogP contribution is 2.44. The quantitative estimate of drug-likeness (QED) is 0.0124. The van der Waals surface area contributed by atoms with Crippen molar-refractivity contribution in [2.45, 2.75) is 130 Å². The summed E-state index contributed by atoms with van der Waals surface area (Å²) in [6, 6.07) is 9.94. The van der Waals surface area contributed by atoms with Crippen LogP contribution in [-0.4, -0.2) is 103 Å². The summed E-state index contributed by atoms with van der Waals surface area (Å²) in [4.78, 5) is 159. The minimum absolute atomic E-state index is 0.0529. The molecule has 2 aliphatic rings. The molecule has 3 aromatic rings. The first-order valence-corrected chi connectivity index (χ1v) is 25.9. The number of Topliss-reactive ketones (excluding diaryl/α,β-unsaturated/α-hetero) is 5. The van der Waals surface area contributed by atoms with Gasteiger partial charge in [-0.3, -0.25) is 52.7 Å². The van der Waals surface area contributed by atoms with E-state index in [1.165, 1.54) is 83.5 Å². The van der Waals surface area contributed by atoms with Crippen molar-refractivity contribution in [2.24, 2.45) is 29.4 Å². The maximum absolute atomic E-state index is 13.6. The number of nitrogens with two attached hydrogens (primary N) is 1. The zero-order valence-electron chi connectivity index (χ0n) is 44.6. The summed E-state index contributed by atoms with van der Waals surface area (Å²) in [6.45, 7) is 7.39. The SMILES string of the molecule is CC(=O)C[C@H](CCCCCC(=O)c1ccc(OC=O)c(-c2c3ccc(=O)cc-3oc3cc(O)ccc23)c1)C(=O)N[C@H](C)C(=O)C[C@H](C)C(=O)N[C@H](C)C(=O)C[C@H](C)C(=O)N[C@H](Cc1cnc[nH]1)C(=O)C[C@H](CCC(=O)O)C(N)=O. The van der Waals surface area contributed by atoms with Gasteiger partial charge in [-0.15, -0.1) is 0 Å². The maximum Gasteiger partial charge on any atom is 0.303 e. The molecule has 0 unspecified atom stereocenters. The summed E-state index contributed by atoms with van der Waals surface area (Å²) in [7, 11) is 0. The number of aliphatic carboxylic acids is 1.